The van der Waals surface area contributed by atoms with Crippen LogP contribution in [0.5, 0.6) is 5.75 Å². The summed E-state index contributed by atoms with van der Waals surface area (Å²) in [6.07, 6.45) is 0.690. The van der Waals surface area contributed by atoms with E-state index in [9.17, 15) is 12.8 Å². The molecule has 0 radical (unpaired) electrons. The third-order valence-electron chi connectivity index (χ3n) is 5.49. The third kappa shape index (κ3) is 4.16. The molecule has 0 bridgehead atoms. The van der Waals surface area contributed by atoms with E-state index in [4.69, 9.17) is 9.47 Å². The molecule has 4 rings (SSSR count). The SMILES string of the molecule is COCCN1CC2(CCN(Cc3cccc(F)c3)C2)Oc2ccccc2S1(=O)=O. The first kappa shape index (κ1) is 20.3. The lowest BCUT2D eigenvalue weighted by Gasteiger charge is -2.32. The summed E-state index contributed by atoms with van der Waals surface area (Å²) in [4.78, 5) is 2.38. The summed E-state index contributed by atoms with van der Waals surface area (Å²) < 4.78 is 52.9. The number of fused-ring (bicyclic) bond motifs is 1. The summed E-state index contributed by atoms with van der Waals surface area (Å²) >= 11 is 0. The molecule has 0 aliphatic carbocycles. The molecule has 8 heteroatoms. The van der Waals surface area contributed by atoms with Gasteiger partial charge in [0.2, 0.25) is 10.0 Å². The quantitative estimate of drug-likeness (QED) is 0.744. The number of nitrogens with zero attached hydrogens (tertiary/aromatic N) is 2. The van der Waals surface area contributed by atoms with E-state index in [0.717, 1.165) is 12.1 Å². The Balaban J connectivity index is 1.62. The van der Waals surface area contributed by atoms with Crippen LogP contribution in [0.1, 0.15) is 12.0 Å². The summed E-state index contributed by atoms with van der Waals surface area (Å²) in [5, 5.41) is 0. The lowest BCUT2D eigenvalue weighted by Crippen LogP contribution is -2.49. The molecular weight excluding hydrogens is 395 g/mol. The molecule has 2 aliphatic rings. The third-order valence-corrected chi connectivity index (χ3v) is 7.38. The smallest absolute Gasteiger partial charge is 0.246 e. The molecule has 0 saturated carbocycles. The monoisotopic (exact) mass is 420 g/mol. The summed E-state index contributed by atoms with van der Waals surface area (Å²) in [5.41, 5.74) is 0.237. The maximum Gasteiger partial charge on any atom is 0.246 e. The van der Waals surface area contributed by atoms with Crippen LogP contribution in [0, 0.1) is 5.82 Å². The molecule has 0 amide bonds. The van der Waals surface area contributed by atoms with Crippen molar-refractivity contribution >= 4 is 10.0 Å². The molecule has 1 spiro atoms. The number of methoxy groups -OCH3 is 1. The molecule has 1 unspecified atom stereocenters. The molecule has 2 aliphatic heterocycles. The van der Waals surface area contributed by atoms with Gasteiger partial charge < -0.3 is 9.47 Å². The Labute approximate surface area is 170 Å². The van der Waals surface area contributed by atoms with Crippen molar-refractivity contribution in [1.29, 1.82) is 0 Å². The minimum absolute atomic E-state index is 0.191. The maximum atomic E-state index is 13.5. The minimum Gasteiger partial charge on any atom is -0.483 e. The van der Waals surface area contributed by atoms with E-state index in [1.807, 2.05) is 6.07 Å². The number of para-hydroxylation sites is 1. The van der Waals surface area contributed by atoms with Crippen molar-refractivity contribution in [1.82, 2.24) is 9.21 Å². The zero-order valence-corrected chi connectivity index (χ0v) is 17.2. The van der Waals surface area contributed by atoms with Gasteiger partial charge in [0.15, 0.2) is 0 Å². The molecule has 0 N–H and O–H groups in total. The largest absolute Gasteiger partial charge is 0.483 e. The molecule has 6 nitrogen and oxygen atoms in total. The standard InChI is InChI=1S/C21H25FN2O4S/c1-27-12-11-24-16-21(28-19-7-2-3-8-20(19)29(24,25)26)9-10-23(15-21)14-17-5-4-6-18(22)13-17/h2-8,13H,9-12,14-16H2,1H3. The van der Waals surface area contributed by atoms with Gasteiger partial charge in [-0.15, -0.1) is 0 Å². The van der Waals surface area contributed by atoms with Crippen molar-refractivity contribution in [3.63, 3.8) is 0 Å². The van der Waals surface area contributed by atoms with Gasteiger partial charge in [0.25, 0.3) is 0 Å². The van der Waals surface area contributed by atoms with E-state index >= 15 is 0 Å². The highest BCUT2D eigenvalue weighted by molar-refractivity contribution is 7.89. The maximum absolute atomic E-state index is 13.5. The van der Waals surface area contributed by atoms with Crippen LogP contribution in [-0.4, -0.2) is 63.1 Å². The lowest BCUT2D eigenvalue weighted by molar-refractivity contribution is 0.0533. The number of hydrogen-bond acceptors (Lipinski definition) is 5. The van der Waals surface area contributed by atoms with Gasteiger partial charge in [0.05, 0.1) is 13.2 Å². The summed E-state index contributed by atoms with van der Waals surface area (Å²) in [6.45, 7) is 2.74. The molecule has 0 aromatic heterocycles. The van der Waals surface area contributed by atoms with Crippen molar-refractivity contribution in [2.24, 2.45) is 0 Å². The van der Waals surface area contributed by atoms with Crippen molar-refractivity contribution in [3.8, 4) is 5.75 Å². The van der Waals surface area contributed by atoms with Gasteiger partial charge in [-0.25, -0.2) is 12.8 Å². The number of likely N-dealkylation sites (tertiary alicyclic amines) is 1. The van der Waals surface area contributed by atoms with Gasteiger partial charge in [0, 0.05) is 39.7 Å². The van der Waals surface area contributed by atoms with Crippen LogP contribution < -0.4 is 4.74 Å². The Kier molecular flexibility index (Phi) is 5.61. The highest BCUT2D eigenvalue weighted by atomic mass is 32.2. The van der Waals surface area contributed by atoms with Crippen LogP contribution in [0.15, 0.2) is 53.4 Å². The Morgan fingerprint density at radius 2 is 2.00 bits per heavy atom. The topological polar surface area (TPSA) is 59.1 Å². The summed E-state index contributed by atoms with van der Waals surface area (Å²) in [6, 6.07) is 13.3. The van der Waals surface area contributed by atoms with Crippen molar-refractivity contribution in [3.05, 3.63) is 59.9 Å². The number of sulfonamides is 1. The molecule has 156 valence electrons. The van der Waals surface area contributed by atoms with E-state index in [1.54, 1.807) is 37.4 Å². The summed E-state index contributed by atoms with van der Waals surface area (Å²) in [7, 11) is -2.12. The second-order valence-electron chi connectivity index (χ2n) is 7.65. The number of halogens is 1. The van der Waals surface area contributed by atoms with Crippen LogP contribution in [-0.2, 0) is 21.3 Å². The fraction of sp³-hybridized carbons (Fsp3) is 0.429. The molecule has 29 heavy (non-hydrogen) atoms. The van der Waals surface area contributed by atoms with Crippen molar-refractivity contribution in [2.75, 3.05) is 39.9 Å². The molecular formula is C21H25FN2O4S. The molecule has 1 fully saturated rings. The van der Waals surface area contributed by atoms with Crippen LogP contribution in [0.2, 0.25) is 0 Å². The zero-order chi connectivity index (χ0) is 20.5. The van der Waals surface area contributed by atoms with Gasteiger partial charge in [-0.3, -0.25) is 4.90 Å². The van der Waals surface area contributed by atoms with E-state index in [1.165, 1.54) is 16.4 Å². The Bertz CT molecular complexity index is 984. The first-order valence-electron chi connectivity index (χ1n) is 9.66. The number of ether oxygens (including phenoxy) is 2. The number of rotatable bonds is 5. The second-order valence-corrected chi connectivity index (χ2v) is 9.56. The average Bonchev–Trinajstić information content (AvgIpc) is 3.03. The van der Waals surface area contributed by atoms with Crippen LogP contribution in [0.3, 0.4) is 0 Å². The van der Waals surface area contributed by atoms with E-state index in [2.05, 4.69) is 4.90 Å². The average molecular weight is 421 g/mol. The predicted molar refractivity (Wildman–Crippen MR) is 107 cm³/mol. The van der Waals surface area contributed by atoms with E-state index in [0.29, 0.717) is 31.9 Å². The molecule has 1 atom stereocenters. The summed E-state index contributed by atoms with van der Waals surface area (Å²) in [5.74, 6) is 0.132. The van der Waals surface area contributed by atoms with Crippen LogP contribution >= 0.6 is 0 Å². The zero-order valence-electron chi connectivity index (χ0n) is 16.4. The molecule has 2 aromatic carbocycles. The van der Waals surface area contributed by atoms with Crippen LogP contribution in [0.4, 0.5) is 4.39 Å². The van der Waals surface area contributed by atoms with Crippen molar-refractivity contribution < 1.29 is 22.3 Å². The minimum atomic E-state index is -3.68. The van der Waals surface area contributed by atoms with Crippen LogP contribution in [0.25, 0.3) is 0 Å². The highest BCUT2D eigenvalue weighted by Crippen LogP contribution is 2.38. The fourth-order valence-corrected chi connectivity index (χ4v) is 5.73. The predicted octanol–water partition coefficient (Wildman–Crippen LogP) is 2.50. The number of hydrogen-bond donors (Lipinski definition) is 0. The van der Waals surface area contributed by atoms with Gasteiger partial charge in [-0.1, -0.05) is 24.3 Å². The Morgan fingerprint density at radius 1 is 1.17 bits per heavy atom. The first-order valence-corrected chi connectivity index (χ1v) is 11.1. The van der Waals surface area contributed by atoms with Gasteiger partial charge in [-0.2, -0.15) is 4.31 Å². The van der Waals surface area contributed by atoms with Gasteiger partial charge in [-0.05, 0) is 29.8 Å². The number of benzene rings is 2. The first-order chi connectivity index (χ1) is 13.9. The second kappa shape index (κ2) is 8.02. The highest BCUT2D eigenvalue weighted by Gasteiger charge is 2.47. The fourth-order valence-electron chi connectivity index (χ4n) is 4.12. The normalized spacial score (nSPS) is 24.2. The lowest BCUT2D eigenvalue weighted by atomic mass is 10.0. The van der Waals surface area contributed by atoms with E-state index < -0.39 is 15.6 Å². The van der Waals surface area contributed by atoms with E-state index in [-0.39, 0.29) is 23.8 Å². The molecule has 1 saturated heterocycles. The van der Waals surface area contributed by atoms with Gasteiger partial charge in [0.1, 0.15) is 22.1 Å². The Hall–Kier alpha value is -2.00. The Morgan fingerprint density at radius 3 is 2.79 bits per heavy atom. The molecule has 2 aromatic rings. The molecule has 2 heterocycles. The van der Waals surface area contributed by atoms with Gasteiger partial charge >= 0.3 is 0 Å². The van der Waals surface area contributed by atoms with Crippen molar-refractivity contribution in [2.45, 2.75) is 23.5 Å².